The highest BCUT2D eigenvalue weighted by molar-refractivity contribution is 7.98. The van der Waals surface area contributed by atoms with E-state index in [1.54, 1.807) is 31.3 Å². The van der Waals surface area contributed by atoms with E-state index in [1.165, 1.54) is 41.8 Å². The first-order valence-corrected chi connectivity index (χ1v) is 17.5. The molecule has 4 rings (SSSR count). The molecule has 19 heteroatoms. The van der Waals surface area contributed by atoms with Gasteiger partial charge >= 0.3 is 18.1 Å². The molecule has 0 bridgehead atoms. The zero-order chi connectivity index (χ0) is 39.5. The number of halogens is 4. The topological polar surface area (TPSA) is 216 Å². The summed E-state index contributed by atoms with van der Waals surface area (Å²) in [5.41, 5.74) is 9.00. The van der Waals surface area contributed by atoms with Gasteiger partial charge in [-0.05, 0) is 43.7 Å². The third kappa shape index (κ3) is 11.3. The summed E-state index contributed by atoms with van der Waals surface area (Å²) in [5.74, 6) is -3.15. The third-order valence-electron chi connectivity index (χ3n) is 7.11. The van der Waals surface area contributed by atoms with Crippen molar-refractivity contribution in [2.24, 2.45) is 5.73 Å². The minimum Gasteiger partial charge on any atom is -0.492 e. The molecule has 4 aromatic rings. The Morgan fingerprint density at radius 1 is 1.04 bits per heavy atom. The number of carboxylic acid groups (broad SMARTS) is 2. The van der Waals surface area contributed by atoms with E-state index in [9.17, 15) is 38.4 Å². The van der Waals surface area contributed by atoms with Crippen LogP contribution < -0.4 is 15.8 Å². The zero-order valence-electron chi connectivity index (χ0n) is 28.1. The largest absolute Gasteiger partial charge is 0.492 e. The molecule has 5 N–H and O–H groups in total. The lowest BCUT2D eigenvalue weighted by Crippen LogP contribution is -2.50. The molecule has 0 spiro atoms. The van der Waals surface area contributed by atoms with E-state index < -0.39 is 36.1 Å². The second-order valence-electron chi connectivity index (χ2n) is 10.8. The van der Waals surface area contributed by atoms with Crippen LogP contribution in [-0.4, -0.2) is 81.4 Å². The van der Waals surface area contributed by atoms with Crippen LogP contribution in [0, 0.1) is 22.7 Å². The number of anilines is 1. The van der Waals surface area contributed by atoms with Gasteiger partial charge in [-0.25, -0.2) is 19.6 Å². The number of nitrogens with one attached hydrogen (secondary N) is 1. The minimum atomic E-state index is -5.08. The van der Waals surface area contributed by atoms with Crippen LogP contribution in [0.4, 0.5) is 19.0 Å². The molecule has 0 aliphatic rings. The number of nitrogens with two attached hydrogens (primary N) is 1. The predicted molar refractivity (Wildman–Crippen MR) is 192 cm³/mol. The average Bonchev–Trinajstić information content (AvgIpc) is 3.60. The Morgan fingerprint density at radius 2 is 1.62 bits per heavy atom. The molecule has 0 unspecified atom stereocenters. The molecule has 2 aromatic carbocycles. The van der Waals surface area contributed by atoms with Crippen LogP contribution in [0.1, 0.15) is 30.7 Å². The van der Waals surface area contributed by atoms with E-state index in [0.29, 0.717) is 38.5 Å². The Labute approximate surface area is 314 Å². The lowest BCUT2D eigenvalue weighted by Gasteiger charge is -2.28. The standard InChI is InChI=1S/C32H30ClN7O4S2.C2HF3O2/c1-18(36)31(41)40(19(2)32(42)43)12-13-44-24-10-6-20(7-11-24)27-25(14-34)28(37-3)39-30(26(27)15-35)46-17-23-16-45-29(38-23)21-4-8-22(33)9-5-21;3-2(4,5)1(6)7/h4-11,16,18-19H,12-13,17,36H2,1-3H3,(H,37,39)(H,42,43);(H,6,7)/t18-,19-;/m0./s1. The fourth-order valence-corrected chi connectivity index (χ4v) is 6.40. The molecule has 0 saturated carbocycles. The first kappa shape index (κ1) is 42.0. The van der Waals surface area contributed by atoms with Crippen molar-refractivity contribution in [3.63, 3.8) is 0 Å². The van der Waals surface area contributed by atoms with Crippen molar-refractivity contribution in [2.45, 2.75) is 42.9 Å². The van der Waals surface area contributed by atoms with Gasteiger partial charge < -0.3 is 30.9 Å². The maximum absolute atomic E-state index is 12.4. The molecule has 0 fully saturated rings. The van der Waals surface area contributed by atoms with Crippen molar-refractivity contribution in [1.82, 2.24) is 14.9 Å². The van der Waals surface area contributed by atoms with Crippen LogP contribution >= 0.6 is 34.7 Å². The summed E-state index contributed by atoms with van der Waals surface area (Å²) in [6.07, 6.45) is -5.08. The van der Waals surface area contributed by atoms with Gasteiger partial charge in [-0.2, -0.15) is 23.7 Å². The van der Waals surface area contributed by atoms with Crippen LogP contribution in [-0.2, 0) is 20.1 Å². The van der Waals surface area contributed by atoms with Crippen LogP contribution in [0.15, 0.2) is 58.9 Å². The number of thiazole rings is 1. The molecule has 2 atom stereocenters. The van der Waals surface area contributed by atoms with Gasteiger partial charge in [-0.15, -0.1) is 11.3 Å². The molecule has 2 aromatic heterocycles. The normalized spacial score (nSPS) is 11.9. The molecule has 2 heterocycles. The van der Waals surface area contributed by atoms with E-state index in [1.807, 2.05) is 29.6 Å². The lowest BCUT2D eigenvalue weighted by molar-refractivity contribution is -0.192. The SMILES string of the molecule is CNc1nc(SCc2csc(-c3ccc(Cl)cc3)n2)c(C#N)c(-c2ccc(OCCN(C(=O)[C@H](C)N)[C@@H](C)C(=O)O)cc2)c1C#N.O=C(O)C(F)(F)F. The van der Waals surface area contributed by atoms with Gasteiger partial charge in [0, 0.05) is 34.3 Å². The number of hydrogen-bond donors (Lipinski definition) is 4. The highest BCUT2D eigenvalue weighted by atomic mass is 35.5. The van der Waals surface area contributed by atoms with E-state index in [4.69, 9.17) is 37.0 Å². The summed E-state index contributed by atoms with van der Waals surface area (Å²) < 4.78 is 37.5. The van der Waals surface area contributed by atoms with Crippen molar-refractivity contribution in [3.05, 3.63) is 75.8 Å². The number of nitrogens with zero attached hydrogens (tertiary/aromatic N) is 5. The van der Waals surface area contributed by atoms with Gasteiger partial charge in [0.25, 0.3) is 0 Å². The molecule has 0 radical (unpaired) electrons. The summed E-state index contributed by atoms with van der Waals surface area (Å²) in [5, 5.41) is 43.7. The number of thioether (sulfide) groups is 1. The van der Waals surface area contributed by atoms with Crippen LogP contribution in [0.2, 0.25) is 5.02 Å². The molecule has 53 heavy (non-hydrogen) atoms. The summed E-state index contributed by atoms with van der Waals surface area (Å²) in [4.78, 5) is 43.3. The van der Waals surface area contributed by atoms with Gasteiger partial charge in [0.05, 0.1) is 23.8 Å². The number of benzene rings is 2. The monoisotopic (exact) mass is 789 g/mol. The Balaban J connectivity index is 0.000000980. The first-order chi connectivity index (χ1) is 25.0. The Kier molecular flexibility index (Phi) is 15.0. The quantitative estimate of drug-likeness (QED) is 0.110. The van der Waals surface area contributed by atoms with Gasteiger partial charge in [0.1, 0.15) is 52.0 Å². The van der Waals surface area contributed by atoms with Crippen LogP contribution in [0.5, 0.6) is 5.75 Å². The smallest absolute Gasteiger partial charge is 0.490 e. The first-order valence-electron chi connectivity index (χ1n) is 15.2. The van der Waals surface area contributed by atoms with Crippen LogP contribution in [0.3, 0.4) is 0 Å². The molecular weight excluding hydrogens is 759 g/mol. The van der Waals surface area contributed by atoms with Gasteiger partial charge in [-0.3, -0.25) is 4.79 Å². The number of alkyl halides is 3. The molecular formula is C34H31ClF3N7O6S2. The number of rotatable bonds is 13. The summed E-state index contributed by atoms with van der Waals surface area (Å²) in [7, 11) is 1.66. The molecule has 1 amide bonds. The van der Waals surface area contributed by atoms with E-state index >= 15 is 0 Å². The van der Waals surface area contributed by atoms with Gasteiger partial charge in [0.15, 0.2) is 0 Å². The number of hydrogen-bond acceptors (Lipinski definition) is 12. The molecule has 13 nitrogen and oxygen atoms in total. The molecule has 0 aliphatic carbocycles. The molecule has 0 aliphatic heterocycles. The Hall–Kier alpha value is -5.40. The Bertz CT molecular complexity index is 2020. The second-order valence-corrected chi connectivity index (χ2v) is 13.1. The van der Waals surface area contributed by atoms with Gasteiger partial charge in [0.2, 0.25) is 5.91 Å². The fourth-order valence-electron chi connectivity index (χ4n) is 4.46. The maximum atomic E-state index is 12.4. The van der Waals surface area contributed by atoms with Crippen molar-refractivity contribution >= 4 is 58.4 Å². The number of ether oxygens (including phenoxy) is 1. The van der Waals surface area contributed by atoms with E-state index in [0.717, 1.165) is 16.3 Å². The van der Waals surface area contributed by atoms with E-state index in [-0.39, 0.29) is 24.3 Å². The molecule has 278 valence electrons. The van der Waals surface area contributed by atoms with Crippen LogP contribution in [0.25, 0.3) is 21.7 Å². The molecule has 0 saturated heterocycles. The number of pyridine rings is 1. The maximum Gasteiger partial charge on any atom is 0.490 e. The lowest BCUT2D eigenvalue weighted by atomic mass is 9.96. The van der Waals surface area contributed by atoms with Crippen molar-refractivity contribution in [3.8, 4) is 39.6 Å². The Morgan fingerprint density at radius 3 is 2.13 bits per heavy atom. The number of aromatic nitrogens is 2. The van der Waals surface area contributed by atoms with Crippen molar-refractivity contribution in [2.75, 3.05) is 25.5 Å². The number of nitriles is 2. The zero-order valence-corrected chi connectivity index (χ0v) is 30.5. The highest BCUT2D eigenvalue weighted by Crippen LogP contribution is 2.38. The average molecular weight is 790 g/mol. The summed E-state index contributed by atoms with van der Waals surface area (Å²) in [6.45, 7) is 2.95. The highest BCUT2D eigenvalue weighted by Gasteiger charge is 2.38. The summed E-state index contributed by atoms with van der Waals surface area (Å²) >= 11 is 8.87. The number of amides is 1. The van der Waals surface area contributed by atoms with E-state index in [2.05, 4.69) is 22.4 Å². The predicted octanol–water partition coefficient (Wildman–Crippen LogP) is 6.26. The number of aliphatic carboxylic acids is 2. The number of carboxylic acids is 2. The summed E-state index contributed by atoms with van der Waals surface area (Å²) in [6, 6.07) is 16.8. The van der Waals surface area contributed by atoms with Crippen molar-refractivity contribution < 1.29 is 42.5 Å². The van der Waals surface area contributed by atoms with Crippen molar-refractivity contribution in [1.29, 1.82) is 10.5 Å². The minimum absolute atomic E-state index is 0.0173. The third-order valence-corrected chi connectivity index (χ3v) is 9.31. The second kappa shape index (κ2) is 18.9. The van der Waals surface area contributed by atoms with Gasteiger partial charge in [-0.1, -0.05) is 47.6 Å². The number of carbonyl (C=O) groups excluding carboxylic acids is 1. The number of carbonyl (C=O) groups is 3. The fraction of sp³-hybridized carbons (Fsp3) is 0.265.